The van der Waals surface area contributed by atoms with E-state index in [4.69, 9.17) is 4.74 Å². The van der Waals surface area contributed by atoms with E-state index in [1.54, 1.807) is 29.1 Å². The molecule has 0 unspecified atom stereocenters. The lowest BCUT2D eigenvalue weighted by molar-refractivity contribution is 0.0570. The molecule has 0 saturated carbocycles. The van der Waals surface area contributed by atoms with Crippen molar-refractivity contribution in [3.05, 3.63) is 53.3 Å². The fourth-order valence-electron chi connectivity index (χ4n) is 3.75. The third kappa shape index (κ3) is 4.16. The van der Waals surface area contributed by atoms with Gasteiger partial charge < -0.3 is 19.4 Å². The van der Waals surface area contributed by atoms with Crippen LogP contribution in [0.2, 0.25) is 0 Å². The van der Waals surface area contributed by atoms with Gasteiger partial charge in [-0.25, -0.2) is 14.8 Å². The summed E-state index contributed by atoms with van der Waals surface area (Å²) in [6.45, 7) is 5.66. The van der Waals surface area contributed by atoms with Crippen molar-refractivity contribution in [1.29, 1.82) is 0 Å². The molecule has 152 valence electrons. The minimum absolute atomic E-state index is 0.107. The largest absolute Gasteiger partial charge is 0.450 e. The molecule has 0 spiro atoms. The topological polar surface area (TPSA) is 78.9 Å². The summed E-state index contributed by atoms with van der Waals surface area (Å²) in [6.07, 6.45) is 3.84. The number of fused-ring (bicyclic) bond motifs is 1. The molecule has 0 N–H and O–H groups in total. The van der Waals surface area contributed by atoms with Crippen LogP contribution in [-0.2, 0) is 17.7 Å². The van der Waals surface area contributed by atoms with Gasteiger partial charge in [-0.15, -0.1) is 0 Å². The first-order chi connectivity index (χ1) is 14.2. The zero-order chi connectivity index (χ0) is 20.2. The van der Waals surface area contributed by atoms with Gasteiger partial charge >= 0.3 is 6.09 Å². The number of anilines is 1. The highest BCUT2D eigenvalue weighted by molar-refractivity contribution is 5.93. The molecule has 1 saturated heterocycles. The van der Waals surface area contributed by atoms with E-state index >= 15 is 0 Å². The molecule has 2 amide bonds. The standard InChI is InChI=1S/C21H25N5O3/c1-2-29-21(28)25-11-9-24(10-12-25)19(27)18-13-22-20(23-14-18)26-8-7-16-5-3-4-6-17(16)15-26/h3-6,13-14H,2,7-12,15H2,1H3. The van der Waals surface area contributed by atoms with Crippen LogP contribution in [0.1, 0.15) is 28.4 Å². The number of benzene rings is 1. The number of hydrogen-bond donors (Lipinski definition) is 0. The number of piperazine rings is 1. The first-order valence-corrected chi connectivity index (χ1v) is 10.0. The van der Waals surface area contributed by atoms with Crippen LogP contribution in [0.3, 0.4) is 0 Å². The molecule has 2 aliphatic rings. The molecule has 0 radical (unpaired) electrons. The SMILES string of the molecule is CCOC(=O)N1CCN(C(=O)c2cnc(N3CCc4ccccc4C3)nc2)CC1. The fraction of sp³-hybridized carbons (Fsp3) is 0.429. The number of carbonyl (C=O) groups is 2. The quantitative estimate of drug-likeness (QED) is 0.791. The molecular formula is C21H25N5O3. The van der Waals surface area contributed by atoms with Crippen molar-refractivity contribution in [2.24, 2.45) is 0 Å². The Labute approximate surface area is 170 Å². The number of hydrogen-bond acceptors (Lipinski definition) is 6. The summed E-state index contributed by atoms with van der Waals surface area (Å²) in [6, 6.07) is 8.41. The summed E-state index contributed by atoms with van der Waals surface area (Å²) in [7, 11) is 0. The molecule has 0 atom stereocenters. The van der Waals surface area contributed by atoms with E-state index in [-0.39, 0.29) is 12.0 Å². The van der Waals surface area contributed by atoms with Crippen molar-refractivity contribution in [2.75, 3.05) is 44.2 Å². The van der Waals surface area contributed by atoms with Crippen LogP contribution in [0.25, 0.3) is 0 Å². The van der Waals surface area contributed by atoms with Crippen LogP contribution >= 0.6 is 0 Å². The Bertz CT molecular complexity index is 878. The van der Waals surface area contributed by atoms with E-state index in [2.05, 4.69) is 33.1 Å². The number of nitrogens with zero attached hydrogens (tertiary/aromatic N) is 5. The monoisotopic (exact) mass is 395 g/mol. The van der Waals surface area contributed by atoms with Crippen LogP contribution in [0.4, 0.5) is 10.7 Å². The van der Waals surface area contributed by atoms with Gasteiger partial charge in [-0.05, 0) is 24.5 Å². The number of aromatic nitrogens is 2. The third-order valence-corrected chi connectivity index (χ3v) is 5.39. The molecule has 8 heteroatoms. The minimum Gasteiger partial charge on any atom is -0.450 e. The predicted octanol–water partition coefficient (Wildman–Crippen LogP) is 1.95. The Morgan fingerprint density at radius 2 is 1.62 bits per heavy atom. The number of amides is 2. The van der Waals surface area contributed by atoms with Gasteiger partial charge in [-0.2, -0.15) is 0 Å². The van der Waals surface area contributed by atoms with Crippen molar-refractivity contribution >= 4 is 17.9 Å². The maximum absolute atomic E-state index is 12.8. The Morgan fingerprint density at radius 3 is 2.31 bits per heavy atom. The van der Waals surface area contributed by atoms with Gasteiger partial charge in [0.2, 0.25) is 5.95 Å². The summed E-state index contributed by atoms with van der Waals surface area (Å²) in [4.78, 5) is 38.9. The highest BCUT2D eigenvalue weighted by Gasteiger charge is 2.26. The van der Waals surface area contributed by atoms with Gasteiger partial charge in [-0.3, -0.25) is 4.79 Å². The van der Waals surface area contributed by atoms with E-state index in [0.717, 1.165) is 19.5 Å². The van der Waals surface area contributed by atoms with Gasteiger partial charge in [0.25, 0.3) is 5.91 Å². The lowest BCUT2D eigenvalue weighted by Crippen LogP contribution is -2.50. The highest BCUT2D eigenvalue weighted by atomic mass is 16.6. The normalized spacial score (nSPS) is 16.4. The second-order valence-electron chi connectivity index (χ2n) is 7.19. The number of carbonyl (C=O) groups excluding carboxylic acids is 2. The maximum Gasteiger partial charge on any atom is 0.409 e. The summed E-state index contributed by atoms with van der Waals surface area (Å²) in [5, 5.41) is 0. The average molecular weight is 395 g/mol. The number of ether oxygens (including phenoxy) is 1. The van der Waals surface area contributed by atoms with Crippen molar-refractivity contribution in [1.82, 2.24) is 19.8 Å². The van der Waals surface area contributed by atoms with E-state index in [0.29, 0.717) is 44.3 Å². The van der Waals surface area contributed by atoms with Crippen molar-refractivity contribution < 1.29 is 14.3 Å². The van der Waals surface area contributed by atoms with Gasteiger partial charge in [0.1, 0.15) is 0 Å². The van der Waals surface area contributed by atoms with E-state index in [1.807, 2.05) is 6.07 Å². The van der Waals surface area contributed by atoms with Gasteiger partial charge in [-0.1, -0.05) is 24.3 Å². The first-order valence-electron chi connectivity index (χ1n) is 10.0. The summed E-state index contributed by atoms with van der Waals surface area (Å²) >= 11 is 0. The van der Waals surface area contributed by atoms with Crippen molar-refractivity contribution in [3.63, 3.8) is 0 Å². The van der Waals surface area contributed by atoms with E-state index in [9.17, 15) is 9.59 Å². The molecule has 3 heterocycles. The van der Waals surface area contributed by atoms with E-state index < -0.39 is 0 Å². The highest BCUT2D eigenvalue weighted by Crippen LogP contribution is 2.21. The fourth-order valence-corrected chi connectivity index (χ4v) is 3.75. The molecule has 2 aliphatic heterocycles. The van der Waals surface area contributed by atoms with Crippen LogP contribution in [-0.4, -0.2) is 71.1 Å². The molecular weight excluding hydrogens is 370 g/mol. The molecule has 1 fully saturated rings. The zero-order valence-electron chi connectivity index (χ0n) is 16.6. The van der Waals surface area contributed by atoms with Crippen LogP contribution in [0, 0.1) is 0 Å². The van der Waals surface area contributed by atoms with Crippen molar-refractivity contribution in [2.45, 2.75) is 19.9 Å². The second kappa shape index (κ2) is 8.46. The van der Waals surface area contributed by atoms with E-state index in [1.165, 1.54) is 11.1 Å². The predicted molar refractivity (Wildman–Crippen MR) is 108 cm³/mol. The summed E-state index contributed by atoms with van der Waals surface area (Å²) < 4.78 is 5.01. The zero-order valence-corrected chi connectivity index (χ0v) is 16.6. The second-order valence-corrected chi connectivity index (χ2v) is 7.19. The first kappa shape index (κ1) is 19.2. The third-order valence-electron chi connectivity index (χ3n) is 5.39. The molecule has 8 nitrogen and oxygen atoms in total. The smallest absolute Gasteiger partial charge is 0.409 e. The summed E-state index contributed by atoms with van der Waals surface area (Å²) in [5.41, 5.74) is 3.13. The van der Waals surface area contributed by atoms with Gasteiger partial charge in [0.15, 0.2) is 0 Å². The Kier molecular flexibility index (Phi) is 5.59. The lowest BCUT2D eigenvalue weighted by atomic mass is 10.0. The molecule has 1 aromatic carbocycles. The lowest BCUT2D eigenvalue weighted by Gasteiger charge is -2.34. The molecule has 4 rings (SSSR count). The molecule has 1 aromatic heterocycles. The Morgan fingerprint density at radius 1 is 0.966 bits per heavy atom. The summed E-state index contributed by atoms with van der Waals surface area (Å²) in [5.74, 6) is 0.534. The van der Waals surface area contributed by atoms with Gasteiger partial charge in [0.05, 0.1) is 12.2 Å². The Balaban J connectivity index is 1.36. The average Bonchev–Trinajstić information content (AvgIpc) is 2.78. The molecule has 29 heavy (non-hydrogen) atoms. The van der Waals surface area contributed by atoms with Crippen LogP contribution in [0.15, 0.2) is 36.7 Å². The Hall–Kier alpha value is -3.16. The molecule has 2 aromatic rings. The maximum atomic E-state index is 12.8. The van der Waals surface area contributed by atoms with Crippen LogP contribution < -0.4 is 4.90 Å². The molecule has 0 bridgehead atoms. The molecule has 0 aliphatic carbocycles. The minimum atomic E-state index is -0.324. The number of rotatable bonds is 3. The van der Waals surface area contributed by atoms with Crippen LogP contribution in [0.5, 0.6) is 0 Å². The van der Waals surface area contributed by atoms with Gasteiger partial charge in [0, 0.05) is 51.7 Å². The van der Waals surface area contributed by atoms with Crippen molar-refractivity contribution in [3.8, 4) is 0 Å².